The first-order valence-electron chi connectivity index (χ1n) is 10.1. The lowest BCUT2D eigenvalue weighted by atomic mass is 10.1. The first-order chi connectivity index (χ1) is 15.4. The molecule has 4 aromatic rings. The van der Waals surface area contributed by atoms with Crippen molar-refractivity contribution in [3.63, 3.8) is 0 Å². The summed E-state index contributed by atoms with van der Waals surface area (Å²) in [7, 11) is -2.31. The highest BCUT2D eigenvalue weighted by molar-refractivity contribution is 7.92. The quantitative estimate of drug-likeness (QED) is 0.380. The Hall–Kier alpha value is -3.58. The van der Waals surface area contributed by atoms with Crippen LogP contribution in [0.15, 0.2) is 88.2 Å². The number of hydrogen-bond acceptors (Lipinski definition) is 5. The Morgan fingerprint density at radius 1 is 0.938 bits per heavy atom. The second-order valence-corrected chi connectivity index (χ2v) is 9.28. The Balaban J connectivity index is 1.78. The lowest BCUT2D eigenvalue weighted by Gasteiger charge is -2.24. The first kappa shape index (κ1) is 21.6. The first-order valence-corrected chi connectivity index (χ1v) is 11.6. The largest absolute Gasteiger partial charge is 0.497 e. The van der Waals surface area contributed by atoms with E-state index >= 15 is 0 Å². The molecule has 0 aliphatic rings. The van der Waals surface area contributed by atoms with Crippen molar-refractivity contribution in [2.75, 3.05) is 11.4 Å². The van der Waals surface area contributed by atoms with Gasteiger partial charge in [0.15, 0.2) is 0 Å². The van der Waals surface area contributed by atoms with Gasteiger partial charge in [-0.25, -0.2) is 13.4 Å². The molecule has 0 bridgehead atoms. The van der Waals surface area contributed by atoms with E-state index in [9.17, 15) is 8.42 Å². The highest BCUT2D eigenvalue weighted by atomic mass is 32.2. The maximum absolute atomic E-state index is 13.6. The van der Waals surface area contributed by atoms with Gasteiger partial charge in [-0.1, -0.05) is 42.0 Å². The Morgan fingerprint density at radius 3 is 2.41 bits per heavy atom. The molecule has 3 aromatic carbocycles. The Kier molecular flexibility index (Phi) is 6.01. The predicted octanol–water partition coefficient (Wildman–Crippen LogP) is 5.36. The zero-order chi connectivity index (χ0) is 22.7. The molecule has 4 rings (SSSR count). The summed E-state index contributed by atoms with van der Waals surface area (Å²) in [5.74, 6) is 1.59. The standard InChI is InChI=1S/C25H24N2O4S/c1-18-9-7-10-20(15-18)25-26-24(19(2)31-25)17-27(21-11-8-12-22(16-21)30-3)32(28,29)23-13-5-4-6-14-23/h4-16H,17H2,1-3H3. The Morgan fingerprint density at radius 2 is 1.69 bits per heavy atom. The number of sulfonamides is 1. The molecule has 7 heteroatoms. The fourth-order valence-electron chi connectivity index (χ4n) is 3.41. The van der Waals surface area contributed by atoms with Crippen molar-refractivity contribution in [2.45, 2.75) is 25.3 Å². The normalized spacial score (nSPS) is 11.3. The molecule has 1 heterocycles. The van der Waals surface area contributed by atoms with Crippen molar-refractivity contribution in [1.82, 2.24) is 4.98 Å². The number of anilines is 1. The van der Waals surface area contributed by atoms with Crippen LogP contribution >= 0.6 is 0 Å². The summed E-state index contributed by atoms with van der Waals surface area (Å²) in [6.07, 6.45) is 0. The van der Waals surface area contributed by atoms with Crippen LogP contribution in [0, 0.1) is 13.8 Å². The molecule has 0 saturated heterocycles. The summed E-state index contributed by atoms with van der Waals surface area (Å²) < 4.78 is 39.7. The third kappa shape index (κ3) is 4.38. The average molecular weight is 449 g/mol. The van der Waals surface area contributed by atoms with E-state index in [4.69, 9.17) is 9.15 Å². The number of nitrogens with zero attached hydrogens (tertiary/aromatic N) is 2. The molecule has 6 nitrogen and oxygen atoms in total. The molecular formula is C25H24N2O4S. The lowest BCUT2D eigenvalue weighted by molar-refractivity contribution is 0.415. The van der Waals surface area contributed by atoms with E-state index in [0.29, 0.717) is 28.8 Å². The summed E-state index contributed by atoms with van der Waals surface area (Å²) in [5.41, 5.74) is 2.96. The van der Waals surface area contributed by atoms with Crippen molar-refractivity contribution in [2.24, 2.45) is 0 Å². The van der Waals surface area contributed by atoms with E-state index in [1.165, 1.54) is 4.31 Å². The molecule has 0 spiro atoms. The number of aromatic nitrogens is 1. The lowest BCUT2D eigenvalue weighted by Crippen LogP contribution is -2.31. The minimum absolute atomic E-state index is 0.0194. The van der Waals surface area contributed by atoms with Gasteiger partial charge < -0.3 is 9.15 Å². The van der Waals surface area contributed by atoms with Gasteiger partial charge in [0, 0.05) is 11.6 Å². The van der Waals surface area contributed by atoms with Crippen LogP contribution in [0.5, 0.6) is 5.75 Å². The van der Waals surface area contributed by atoms with Crippen LogP contribution in [-0.4, -0.2) is 20.5 Å². The maximum Gasteiger partial charge on any atom is 0.264 e. The smallest absolute Gasteiger partial charge is 0.264 e. The van der Waals surface area contributed by atoms with E-state index in [1.807, 2.05) is 31.2 Å². The number of methoxy groups -OCH3 is 1. The van der Waals surface area contributed by atoms with Crippen LogP contribution in [0.25, 0.3) is 11.5 Å². The molecule has 0 atom stereocenters. The SMILES string of the molecule is COc1cccc(N(Cc2nc(-c3cccc(C)c3)oc2C)S(=O)(=O)c2ccccc2)c1. The minimum Gasteiger partial charge on any atom is -0.497 e. The third-order valence-corrected chi connectivity index (χ3v) is 6.91. The molecule has 32 heavy (non-hydrogen) atoms. The second kappa shape index (κ2) is 8.88. The van der Waals surface area contributed by atoms with Gasteiger partial charge in [0.25, 0.3) is 10.0 Å². The van der Waals surface area contributed by atoms with E-state index in [-0.39, 0.29) is 11.4 Å². The maximum atomic E-state index is 13.6. The van der Waals surface area contributed by atoms with Crippen LogP contribution in [0.3, 0.4) is 0 Å². The fraction of sp³-hybridized carbons (Fsp3) is 0.160. The molecule has 0 saturated carbocycles. The second-order valence-electron chi connectivity index (χ2n) is 7.42. The highest BCUT2D eigenvalue weighted by Crippen LogP contribution is 2.30. The molecule has 1 aromatic heterocycles. The van der Waals surface area contributed by atoms with Gasteiger partial charge in [0.05, 0.1) is 24.2 Å². The van der Waals surface area contributed by atoms with Crippen LogP contribution in [-0.2, 0) is 16.6 Å². The summed E-state index contributed by atoms with van der Waals surface area (Å²) in [6, 6.07) is 23.1. The third-order valence-electron chi connectivity index (χ3n) is 5.12. The van der Waals surface area contributed by atoms with E-state index in [2.05, 4.69) is 4.98 Å². The number of oxazole rings is 1. The molecule has 0 aliphatic carbocycles. The van der Waals surface area contributed by atoms with Crippen molar-refractivity contribution in [3.8, 4) is 17.2 Å². The summed E-state index contributed by atoms with van der Waals surface area (Å²) >= 11 is 0. The number of ether oxygens (including phenoxy) is 1. The highest BCUT2D eigenvalue weighted by Gasteiger charge is 2.27. The predicted molar refractivity (Wildman–Crippen MR) is 124 cm³/mol. The molecule has 0 radical (unpaired) electrons. The summed E-state index contributed by atoms with van der Waals surface area (Å²) in [5, 5.41) is 0. The Labute approximate surface area is 188 Å². The van der Waals surface area contributed by atoms with Gasteiger partial charge in [-0.15, -0.1) is 0 Å². The van der Waals surface area contributed by atoms with Crippen molar-refractivity contribution in [3.05, 3.63) is 95.9 Å². The van der Waals surface area contributed by atoms with Crippen LogP contribution in [0.2, 0.25) is 0 Å². The van der Waals surface area contributed by atoms with Crippen molar-refractivity contribution >= 4 is 15.7 Å². The summed E-state index contributed by atoms with van der Waals surface area (Å²) in [4.78, 5) is 4.83. The molecule has 0 N–H and O–H groups in total. The zero-order valence-electron chi connectivity index (χ0n) is 18.1. The monoisotopic (exact) mass is 448 g/mol. The van der Waals surface area contributed by atoms with E-state index < -0.39 is 10.0 Å². The van der Waals surface area contributed by atoms with Crippen LogP contribution in [0.4, 0.5) is 5.69 Å². The Bertz CT molecular complexity index is 1330. The average Bonchev–Trinajstić information content (AvgIpc) is 3.18. The zero-order valence-corrected chi connectivity index (χ0v) is 19.0. The van der Waals surface area contributed by atoms with Crippen LogP contribution < -0.4 is 9.04 Å². The van der Waals surface area contributed by atoms with Crippen molar-refractivity contribution < 1.29 is 17.6 Å². The molecular weight excluding hydrogens is 424 g/mol. The van der Waals surface area contributed by atoms with Crippen LogP contribution in [0.1, 0.15) is 17.0 Å². The fourth-order valence-corrected chi connectivity index (χ4v) is 4.85. The van der Waals surface area contributed by atoms with Gasteiger partial charge in [0.1, 0.15) is 17.2 Å². The van der Waals surface area contributed by atoms with Gasteiger partial charge in [-0.05, 0) is 50.2 Å². The number of rotatable bonds is 7. The van der Waals surface area contributed by atoms with Crippen molar-refractivity contribution in [1.29, 1.82) is 0 Å². The van der Waals surface area contributed by atoms with E-state index in [1.54, 1.807) is 68.6 Å². The van der Waals surface area contributed by atoms with Gasteiger partial charge >= 0.3 is 0 Å². The molecule has 0 fully saturated rings. The number of aryl methyl sites for hydroxylation is 2. The van der Waals surface area contributed by atoms with Gasteiger partial charge in [-0.2, -0.15) is 0 Å². The summed E-state index contributed by atoms with van der Waals surface area (Å²) in [6.45, 7) is 3.81. The topological polar surface area (TPSA) is 72.6 Å². The number of benzene rings is 3. The minimum atomic E-state index is -3.86. The molecule has 0 amide bonds. The van der Waals surface area contributed by atoms with Gasteiger partial charge in [-0.3, -0.25) is 4.31 Å². The molecule has 0 aliphatic heterocycles. The number of hydrogen-bond donors (Lipinski definition) is 0. The molecule has 0 unspecified atom stereocenters. The van der Waals surface area contributed by atoms with E-state index in [0.717, 1.165) is 11.1 Å². The van der Waals surface area contributed by atoms with Gasteiger partial charge in [0.2, 0.25) is 5.89 Å². The molecule has 164 valence electrons.